The summed E-state index contributed by atoms with van der Waals surface area (Å²) in [5, 5.41) is 5.01. The Morgan fingerprint density at radius 2 is 0.679 bits per heavy atom. The third-order valence-corrected chi connectivity index (χ3v) is 10.1. The van der Waals surface area contributed by atoms with Crippen LogP contribution in [0.2, 0.25) is 0 Å². The number of nitrogens with zero attached hydrogens (tertiary/aromatic N) is 4. The van der Waals surface area contributed by atoms with E-state index in [2.05, 4.69) is 162 Å². The Morgan fingerprint density at radius 1 is 0.283 bits per heavy atom. The molecule has 0 radical (unpaired) electrons. The summed E-state index contributed by atoms with van der Waals surface area (Å²) in [7, 11) is 0. The standard InChI is InChI=1S/C49H32N4/c1-3-11-33(12-4-1)34-19-23-38(24-20-34)48-50-47(37-13-5-2-6-14-37)51-49(52-48)39-25-21-35(22-26-39)36-27-29-42(30-28-36)53-45-18-10-9-17-43(45)44-31-40-15-7-8-16-41(40)32-46(44)53/h1-32H. The van der Waals surface area contributed by atoms with Crippen molar-refractivity contribution < 1.29 is 0 Å². The average Bonchev–Trinajstić information content (AvgIpc) is 3.56. The van der Waals surface area contributed by atoms with Gasteiger partial charge in [0.05, 0.1) is 11.0 Å². The molecule has 0 fully saturated rings. The van der Waals surface area contributed by atoms with Crippen LogP contribution in [0.4, 0.5) is 0 Å². The van der Waals surface area contributed by atoms with Crippen LogP contribution in [0.25, 0.3) is 94.7 Å². The molecule has 0 amide bonds. The largest absolute Gasteiger partial charge is 0.309 e. The zero-order chi connectivity index (χ0) is 35.1. The Balaban J connectivity index is 0.991. The fourth-order valence-electron chi connectivity index (χ4n) is 7.34. The highest BCUT2D eigenvalue weighted by Crippen LogP contribution is 2.36. The molecule has 0 bridgehead atoms. The number of para-hydroxylation sites is 1. The molecule has 53 heavy (non-hydrogen) atoms. The first-order valence-corrected chi connectivity index (χ1v) is 17.9. The first-order valence-electron chi connectivity index (χ1n) is 17.9. The van der Waals surface area contributed by atoms with E-state index in [9.17, 15) is 0 Å². The Kier molecular flexibility index (Phi) is 7.43. The summed E-state index contributed by atoms with van der Waals surface area (Å²) in [4.78, 5) is 14.9. The second-order valence-corrected chi connectivity index (χ2v) is 13.3. The molecule has 2 heterocycles. The van der Waals surface area contributed by atoms with Crippen LogP contribution < -0.4 is 0 Å². The first-order chi connectivity index (χ1) is 26.2. The molecule has 10 rings (SSSR count). The minimum Gasteiger partial charge on any atom is -0.309 e. The Bertz CT molecular complexity index is 2890. The summed E-state index contributed by atoms with van der Waals surface area (Å²) in [6.07, 6.45) is 0. The summed E-state index contributed by atoms with van der Waals surface area (Å²) < 4.78 is 2.38. The molecule has 0 spiro atoms. The van der Waals surface area contributed by atoms with Gasteiger partial charge < -0.3 is 4.57 Å². The van der Waals surface area contributed by atoms with Crippen molar-refractivity contribution in [3.63, 3.8) is 0 Å². The van der Waals surface area contributed by atoms with Gasteiger partial charge in [-0.25, -0.2) is 15.0 Å². The minimum atomic E-state index is 0.641. The third kappa shape index (κ3) is 5.63. The molecular weight excluding hydrogens is 645 g/mol. The predicted molar refractivity (Wildman–Crippen MR) is 219 cm³/mol. The SMILES string of the molecule is c1ccc(-c2ccc(-c3nc(-c4ccccc4)nc(-c4ccc(-c5ccc(-n6c7ccccc7c7cc8ccccc8cc76)cc5)cc4)n3)cc2)cc1. The van der Waals surface area contributed by atoms with Gasteiger partial charge in [0.2, 0.25) is 0 Å². The normalized spacial score (nSPS) is 11.4. The van der Waals surface area contributed by atoms with Gasteiger partial charge in [-0.05, 0) is 63.4 Å². The van der Waals surface area contributed by atoms with Crippen LogP contribution in [0, 0.1) is 0 Å². The third-order valence-electron chi connectivity index (χ3n) is 10.1. The van der Waals surface area contributed by atoms with Gasteiger partial charge in [-0.2, -0.15) is 0 Å². The maximum absolute atomic E-state index is 4.99. The number of rotatable bonds is 6. The van der Waals surface area contributed by atoms with Crippen molar-refractivity contribution in [3.05, 3.63) is 194 Å². The van der Waals surface area contributed by atoms with Gasteiger partial charge in [-0.3, -0.25) is 0 Å². The van der Waals surface area contributed by atoms with Crippen LogP contribution in [-0.2, 0) is 0 Å². The van der Waals surface area contributed by atoms with Crippen molar-refractivity contribution in [2.24, 2.45) is 0 Å². The maximum atomic E-state index is 4.99. The van der Waals surface area contributed by atoms with Gasteiger partial charge in [0, 0.05) is 33.2 Å². The van der Waals surface area contributed by atoms with Crippen LogP contribution in [0.15, 0.2) is 194 Å². The molecular formula is C49H32N4. The van der Waals surface area contributed by atoms with Gasteiger partial charge in [-0.1, -0.05) is 164 Å². The smallest absolute Gasteiger partial charge is 0.164 e. The van der Waals surface area contributed by atoms with Gasteiger partial charge in [-0.15, -0.1) is 0 Å². The Hall–Kier alpha value is -7.17. The van der Waals surface area contributed by atoms with E-state index >= 15 is 0 Å². The highest BCUT2D eigenvalue weighted by molar-refractivity contribution is 6.13. The molecule has 10 aromatic rings. The van der Waals surface area contributed by atoms with Crippen LogP contribution in [0.5, 0.6) is 0 Å². The van der Waals surface area contributed by atoms with E-state index in [0.29, 0.717) is 17.5 Å². The van der Waals surface area contributed by atoms with Crippen molar-refractivity contribution in [2.75, 3.05) is 0 Å². The quantitative estimate of drug-likeness (QED) is 0.176. The van der Waals surface area contributed by atoms with Crippen LogP contribution in [-0.4, -0.2) is 19.5 Å². The first kappa shape index (κ1) is 30.6. The second-order valence-electron chi connectivity index (χ2n) is 13.3. The molecule has 8 aromatic carbocycles. The fraction of sp³-hybridized carbons (Fsp3) is 0. The molecule has 0 atom stereocenters. The zero-order valence-electron chi connectivity index (χ0n) is 28.8. The van der Waals surface area contributed by atoms with Crippen LogP contribution >= 0.6 is 0 Å². The topological polar surface area (TPSA) is 43.6 Å². The number of fused-ring (bicyclic) bond motifs is 4. The molecule has 4 heteroatoms. The molecule has 2 aromatic heterocycles. The van der Waals surface area contributed by atoms with E-state index in [1.54, 1.807) is 0 Å². The molecule has 0 aliphatic heterocycles. The van der Waals surface area contributed by atoms with Gasteiger partial charge in [0.25, 0.3) is 0 Å². The van der Waals surface area contributed by atoms with Gasteiger partial charge in [0.15, 0.2) is 17.5 Å². The second kappa shape index (κ2) is 12.9. The van der Waals surface area contributed by atoms with Gasteiger partial charge >= 0.3 is 0 Å². The highest BCUT2D eigenvalue weighted by atomic mass is 15.0. The Morgan fingerprint density at radius 3 is 1.25 bits per heavy atom. The lowest BCUT2D eigenvalue weighted by atomic mass is 10.0. The molecule has 4 nitrogen and oxygen atoms in total. The van der Waals surface area contributed by atoms with E-state index < -0.39 is 0 Å². The monoisotopic (exact) mass is 676 g/mol. The molecule has 0 N–H and O–H groups in total. The van der Waals surface area contributed by atoms with Gasteiger partial charge in [0.1, 0.15) is 0 Å². The molecule has 248 valence electrons. The summed E-state index contributed by atoms with van der Waals surface area (Å²) in [5.74, 6) is 1.93. The number of aromatic nitrogens is 4. The van der Waals surface area contributed by atoms with E-state index in [0.717, 1.165) is 39.1 Å². The van der Waals surface area contributed by atoms with E-state index in [-0.39, 0.29) is 0 Å². The zero-order valence-corrected chi connectivity index (χ0v) is 28.8. The summed E-state index contributed by atoms with van der Waals surface area (Å²) >= 11 is 0. The van der Waals surface area contributed by atoms with Crippen molar-refractivity contribution in [1.82, 2.24) is 19.5 Å². The van der Waals surface area contributed by atoms with Crippen molar-refractivity contribution in [1.29, 1.82) is 0 Å². The van der Waals surface area contributed by atoms with Crippen molar-refractivity contribution in [3.8, 4) is 62.1 Å². The summed E-state index contributed by atoms with van der Waals surface area (Å²) in [5.41, 5.74) is 11.0. The van der Waals surface area contributed by atoms with Crippen LogP contribution in [0.1, 0.15) is 0 Å². The maximum Gasteiger partial charge on any atom is 0.164 e. The van der Waals surface area contributed by atoms with E-state index in [1.165, 1.54) is 38.1 Å². The molecule has 0 saturated heterocycles. The lowest BCUT2D eigenvalue weighted by Gasteiger charge is -2.11. The number of hydrogen-bond donors (Lipinski definition) is 0. The van der Waals surface area contributed by atoms with Crippen molar-refractivity contribution in [2.45, 2.75) is 0 Å². The predicted octanol–water partition coefficient (Wildman–Crippen LogP) is 12.5. The number of hydrogen-bond acceptors (Lipinski definition) is 3. The van der Waals surface area contributed by atoms with E-state index in [4.69, 9.17) is 15.0 Å². The Labute approximate surface area is 307 Å². The fourth-order valence-corrected chi connectivity index (χ4v) is 7.34. The number of benzene rings is 8. The van der Waals surface area contributed by atoms with Crippen molar-refractivity contribution >= 4 is 32.6 Å². The molecule has 0 aliphatic carbocycles. The summed E-state index contributed by atoms with van der Waals surface area (Å²) in [6.45, 7) is 0. The minimum absolute atomic E-state index is 0.641. The highest BCUT2D eigenvalue weighted by Gasteiger charge is 2.15. The molecule has 0 unspecified atom stereocenters. The van der Waals surface area contributed by atoms with Crippen LogP contribution in [0.3, 0.4) is 0 Å². The molecule has 0 aliphatic rings. The van der Waals surface area contributed by atoms with E-state index in [1.807, 2.05) is 36.4 Å². The lowest BCUT2D eigenvalue weighted by Crippen LogP contribution is -2.00. The lowest BCUT2D eigenvalue weighted by molar-refractivity contribution is 1.07. The average molecular weight is 677 g/mol. The molecule has 0 saturated carbocycles. The summed E-state index contributed by atoms with van der Waals surface area (Å²) in [6, 6.07) is 68.2.